The lowest BCUT2D eigenvalue weighted by Gasteiger charge is -2.26. The van der Waals surface area contributed by atoms with E-state index in [1.54, 1.807) is 0 Å². The molecule has 0 aliphatic carbocycles. The van der Waals surface area contributed by atoms with E-state index < -0.39 is 0 Å². The Hall–Kier alpha value is -1.18. The number of H-pyrrole nitrogens is 1. The Bertz CT molecular complexity index is 665. The van der Waals surface area contributed by atoms with Crippen LogP contribution in [0.3, 0.4) is 0 Å². The fraction of sp³-hybridized carbons (Fsp3) is 0.714. The Morgan fingerprint density at radius 3 is 2.76 bits per heavy atom. The zero-order chi connectivity index (χ0) is 14.8. The highest BCUT2D eigenvalue weighted by Gasteiger charge is 2.15. The second-order valence-electron chi connectivity index (χ2n) is 5.51. The summed E-state index contributed by atoms with van der Waals surface area (Å²) in [6, 6.07) is 0. The van der Waals surface area contributed by atoms with E-state index in [1.165, 1.54) is 0 Å². The predicted molar refractivity (Wildman–Crippen MR) is 85.1 cm³/mol. The second kappa shape index (κ2) is 6.29. The van der Waals surface area contributed by atoms with Crippen LogP contribution in [0.4, 0.5) is 0 Å². The Kier molecular flexibility index (Phi) is 4.42. The van der Waals surface area contributed by atoms with E-state index in [9.17, 15) is 0 Å². The highest BCUT2D eigenvalue weighted by Crippen LogP contribution is 2.18. The molecule has 0 aromatic carbocycles. The molecule has 1 N–H and O–H groups in total. The molecule has 2 aromatic rings. The van der Waals surface area contributed by atoms with E-state index in [-0.39, 0.29) is 0 Å². The van der Waals surface area contributed by atoms with Crippen molar-refractivity contribution in [1.82, 2.24) is 24.2 Å². The van der Waals surface area contributed by atoms with E-state index in [4.69, 9.17) is 17.0 Å². The molecule has 3 rings (SSSR count). The summed E-state index contributed by atoms with van der Waals surface area (Å²) in [5.74, 6) is 0. The van der Waals surface area contributed by atoms with Gasteiger partial charge in [-0.2, -0.15) is 5.10 Å². The lowest BCUT2D eigenvalue weighted by atomic mass is 10.3. The van der Waals surface area contributed by atoms with Crippen LogP contribution in [0.5, 0.6) is 0 Å². The topological polar surface area (TPSA) is 51.0 Å². The Morgan fingerprint density at radius 2 is 2.05 bits per heavy atom. The van der Waals surface area contributed by atoms with Gasteiger partial charge in [-0.1, -0.05) is 6.92 Å². The molecule has 1 aliphatic heterocycles. The number of nitrogens with one attached hydrogen (secondary N) is 1. The van der Waals surface area contributed by atoms with Gasteiger partial charge in [-0.15, -0.1) is 0 Å². The second-order valence-corrected chi connectivity index (χ2v) is 5.90. The summed E-state index contributed by atoms with van der Waals surface area (Å²) in [6.45, 7) is 7.94. The first-order valence-corrected chi connectivity index (χ1v) is 8.06. The van der Waals surface area contributed by atoms with Gasteiger partial charge in [0.15, 0.2) is 10.4 Å². The number of nitrogens with zero attached hydrogens (tertiary/aromatic N) is 4. The van der Waals surface area contributed by atoms with Gasteiger partial charge in [0, 0.05) is 33.2 Å². The number of hydrogen-bond donors (Lipinski definition) is 1. The molecular formula is C14H23N5OS. The van der Waals surface area contributed by atoms with Gasteiger partial charge in [0.1, 0.15) is 5.52 Å². The molecule has 1 fully saturated rings. The fourth-order valence-electron chi connectivity index (χ4n) is 3.01. The van der Waals surface area contributed by atoms with Crippen molar-refractivity contribution >= 4 is 23.4 Å². The minimum atomic E-state index is 0.801. The zero-order valence-electron chi connectivity index (χ0n) is 12.8. The van der Waals surface area contributed by atoms with Crippen LogP contribution in [0.2, 0.25) is 0 Å². The van der Waals surface area contributed by atoms with Gasteiger partial charge in [-0.3, -0.25) is 9.58 Å². The lowest BCUT2D eigenvalue weighted by molar-refractivity contribution is 0.0369. The highest BCUT2D eigenvalue weighted by atomic mass is 32.1. The first kappa shape index (κ1) is 14.7. The Balaban J connectivity index is 1.73. The summed E-state index contributed by atoms with van der Waals surface area (Å²) < 4.78 is 10.3. The SMILES string of the molecule is CCc1nn(C)c2c1[nH]c(=S)n2CCCN1CCOCC1. The summed E-state index contributed by atoms with van der Waals surface area (Å²) in [6.07, 6.45) is 2.01. The molecule has 1 saturated heterocycles. The predicted octanol–water partition coefficient (Wildman–Crippen LogP) is 1.72. The quantitative estimate of drug-likeness (QED) is 0.855. The number of imidazole rings is 1. The first-order valence-electron chi connectivity index (χ1n) is 7.65. The third-order valence-corrected chi connectivity index (χ3v) is 4.44. The number of aromatic nitrogens is 4. The average Bonchev–Trinajstić information content (AvgIpc) is 2.98. The molecule has 0 bridgehead atoms. The molecular weight excluding hydrogens is 286 g/mol. The van der Waals surface area contributed by atoms with Crippen molar-refractivity contribution < 1.29 is 4.74 Å². The summed E-state index contributed by atoms with van der Waals surface area (Å²) in [5.41, 5.74) is 3.29. The van der Waals surface area contributed by atoms with Gasteiger partial charge in [0.2, 0.25) is 0 Å². The van der Waals surface area contributed by atoms with Gasteiger partial charge in [-0.25, -0.2) is 0 Å². The van der Waals surface area contributed by atoms with E-state index in [2.05, 4.69) is 26.5 Å². The van der Waals surface area contributed by atoms with Gasteiger partial charge in [-0.05, 0) is 25.1 Å². The number of hydrogen-bond acceptors (Lipinski definition) is 4. The van der Waals surface area contributed by atoms with Gasteiger partial charge < -0.3 is 14.3 Å². The van der Waals surface area contributed by atoms with Crippen LogP contribution < -0.4 is 0 Å². The Labute approximate surface area is 129 Å². The molecule has 1 aliphatic rings. The van der Waals surface area contributed by atoms with Gasteiger partial charge >= 0.3 is 0 Å². The molecule has 0 amide bonds. The molecule has 21 heavy (non-hydrogen) atoms. The van der Waals surface area contributed by atoms with E-state index >= 15 is 0 Å². The first-order chi connectivity index (χ1) is 10.2. The smallest absolute Gasteiger partial charge is 0.179 e. The van der Waals surface area contributed by atoms with E-state index in [0.717, 1.165) is 73.9 Å². The number of morpholine rings is 1. The summed E-state index contributed by atoms with van der Waals surface area (Å²) in [5, 5.41) is 4.56. The molecule has 116 valence electrons. The maximum atomic E-state index is 5.48. The van der Waals surface area contributed by atoms with Crippen LogP contribution in [0.25, 0.3) is 11.2 Å². The normalized spacial score (nSPS) is 16.9. The lowest BCUT2D eigenvalue weighted by Crippen LogP contribution is -2.37. The molecule has 7 heteroatoms. The number of ether oxygens (including phenoxy) is 1. The molecule has 3 heterocycles. The maximum Gasteiger partial charge on any atom is 0.179 e. The minimum Gasteiger partial charge on any atom is -0.379 e. The number of rotatable bonds is 5. The van der Waals surface area contributed by atoms with Crippen molar-refractivity contribution in [2.45, 2.75) is 26.3 Å². The number of aryl methyl sites for hydroxylation is 3. The molecule has 0 atom stereocenters. The monoisotopic (exact) mass is 309 g/mol. The third-order valence-electron chi connectivity index (χ3n) is 4.12. The molecule has 2 aromatic heterocycles. The zero-order valence-corrected chi connectivity index (χ0v) is 13.6. The highest BCUT2D eigenvalue weighted by molar-refractivity contribution is 7.71. The Morgan fingerprint density at radius 1 is 1.29 bits per heavy atom. The summed E-state index contributed by atoms with van der Waals surface area (Å²) in [7, 11) is 1.99. The molecule has 0 radical (unpaired) electrons. The van der Waals surface area contributed by atoms with E-state index in [1.807, 2.05) is 11.7 Å². The van der Waals surface area contributed by atoms with Crippen molar-refractivity contribution in [2.24, 2.45) is 7.05 Å². The molecule has 0 saturated carbocycles. The van der Waals surface area contributed by atoms with Crippen LogP contribution in [0.15, 0.2) is 0 Å². The third kappa shape index (κ3) is 2.90. The van der Waals surface area contributed by atoms with Crippen LogP contribution >= 0.6 is 12.2 Å². The largest absolute Gasteiger partial charge is 0.379 e. The van der Waals surface area contributed by atoms with Crippen molar-refractivity contribution in [1.29, 1.82) is 0 Å². The van der Waals surface area contributed by atoms with E-state index in [0.29, 0.717) is 0 Å². The fourth-order valence-corrected chi connectivity index (χ4v) is 3.29. The summed E-state index contributed by atoms with van der Waals surface area (Å²) in [4.78, 5) is 5.77. The molecule has 0 spiro atoms. The number of aromatic amines is 1. The van der Waals surface area contributed by atoms with Crippen molar-refractivity contribution in [3.05, 3.63) is 10.5 Å². The van der Waals surface area contributed by atoms with Gasteiger partial charge in [0.05, 0.1) is 18.9 Å². The van der Waals surface area contributed by atoms with Crippen molar-refractivity contribution in [3.63, 3.8) is 0 Å². The summed E-state index contributed by atoms with van der Waals surface area (Å²) >= 11 is 5.48. The molecule has 6 nitrogen and oxygen atoms in total. The average molecular weight is 309 g/mol. The van der Waals surface area contributed by atoms with Crippen molar-refractivity contribution in [2.75, 3.05) is 32.8 Å². The van der Waals surface area contributed by atoms with Crippen LogP contribution in [-0.2, 0) is 24.8 Å². The van der Waals surface area contributed by atoms with Crippen molar-refractivity contribution in [3.8, 4) is 0 Å². The van der Waals surface area contributed by atoms with Gasteiger partial charge in [0.25, 0.3) is 0 Å². The standard InChI is InChI=1S/C14H23N5OS/c1-3-11-12-13(17(2)16-11)19(14(21)15-12)6-4-5-18-7-9-20-10-8-18/h3-10H2,1-2H3,(H,15,21). The van der Waals surface area contributed by atoms with Crippen LogP contribution in [-0.4, -0.2) is 57.1 Å². The maximum absolute atomic E-state index is 5.48. The van der Waals surface area contributed by atoms with Crippen LogP contribution in [0.1, 0.15) is 19.0 Å². The minimum absolute atomic E-state index is 0.801. The molecule has 0 unspecified atom stereocenters. The number of fused-ring (bicyclic) bond motifs is 1. The van der Waals surface area contributed by atoms with Crippen LogP contribution in [0, 0.1) is 4.77 Å².